The van der Waals surface area contributed by atoms with Crippen molar-refractivity contribution in [1.82, 2.24) is 0 Å². The van der Waals surface area contributed by atoms with E-state index in [1.165, 1.54) is 5.30 Å². The molecule has 0 heterocycles. The predicted molar refractivity (Wildman–Crippen MR) is 78.3 cm³/mol. The van der Waals surface area contributed by atoms with E-state index in [4.69, 9.17) is 0 Å². The van der Waals surface area contributed by atoms with Crippen LogP contribution in [0, 0.1) is 0 Å². The van der Waals surface area contributed by atoms with Gasteiger partial charge in [-0.1, -0.05) is 42.5 Å². The second-order valence-corrected chi connectivity index (χ2v) is 9.41. The first kappa shape index (κ1) is 12.9. The Morgan fingerprint density at radius 1 is 1.00 bits per heavy atom. The van der Waals surface area contributed by atoms with Crippen molar-refractivity contribution >= 4 is 34.4 Å². The minimum atomic E-state index is -0.177. The molecule has 0 aromatic heterocycles. The van der Waals surface area contributed by atoms with Crippen LogP contribution in [-0.2, 0) is 0 Å². The van der Waals surface area contributed by atoms with E-state index in [2.05, 4.69) is 43.5 Å². The summed E-state index contributed by atoms with van der Waals surface area (Å²) >= 11 is 3.95. The fourth-order valence-corrected chi connectivity index (χ4v) is 7.31. The van der Waals surface area contributed by atoms with Crippen LogP contribution in [0.25, 0.3) is 0 Å². The van der Waals surface area contributed by atoms with Crippen LogP contribution in [0.1, 0.15) is 0 Å². The molecule has 1 rings (SSSR count). The van der Waals surface area contributed by atoms with Gasteiger partial charge in [0.1, 0.15) is 0 Å². The maximum Gasteiger partial charge on any atom is 0.0444 e. The summed E-state index contributed by atoms with van der Waals surface area (Å²) in [5.41, 5.74) is 0. The van der Waals surface area contributed by atoms with Crippen molar-refractivity contribution in [2.45, 2.75) is 0 Å². The zero-order valence-corrected chi connectivity index (χ0v) is 11.2. The van der Waals surface area contributed by atoms with E-state index in [9.17, 15) is 0 Å². The lowest BCUT2D eigenvalue weighted by atomic mass is 10.4. The van der Waals surface area contributed by atoms with Gasteiger partial charge in [0.2, 0.25) is 0 Å². The van der Waals surface area contributed by atoms with Gasteiger partial charge in [-0.2, -0.15) is 0 Å². The topological polar surface area (TPSA) is 0 Å². The fraction of sp³-hybridized carbons (Fsp3) is 0.167. The average Bonchev–Trinajstić information content (AvgIpc) is 2.30. The maximum absolute atomic E-state index is 3.77. The number of rotatable bonds is 7. The van der Waals surface area contributed by atoms with E-state index in [0.717, 1.165) is 11.5 Å². The zero-order chi connectivity index (χ0) is 10.9. The monoisotopic (exact) mass is 254 g/mol. The molecule has 80 valence electrons. The van der Waals surface area contributed by atoms with Crippen molar-refractivity contribution in [3.8, 4) is 0 Å². The lowest BCUT2D eigenvalue weighted by Crippen LogP contribution is -1.95. The van der Waals surface area contributed by atoms with E-state index in [1.54, 1.807) is 0 Å². The van der Waals surface area contributed by atoms with Crippen LogP contribution in [0.3, 0.4) is 0 Å². The van der Waals surface area contributed by atoms with Gasteiger partial charge in [-0.05, 0) is 5.30 Å². The van der Waals surface area contributed by atoms with Crippen LogP contribution in [-0.4, -0.2) is 11.5 Å². The first-order valence-corrected chi connectivity index (χ1v) is 9.23. The SMILES string of the molecule is C=CCSP(SCC=C)c1ccccc1. The van der Waals surface area contributed by atoms with Crippen molar-refractivity contribution in [3.63, 3.8) is 0 Å². The summed E-state index contributed by atoms with van der Waals surface area (Å²) < 4.78 is 0. The zero-order valence-electron chi connectivity index (χ0n) is 8.63. The standard InChI is InChI=1S/C12H15PS2/c1-3-10-14-13(15-11-4-2)12-8-6-5-7-9-12/h3-9H,1-2,10-11H2. The first-order chi connectivity index (χ1) is 7.38. The summed E-state index contributed by atoms with van der Waals surface area (Å²) in [4.78, 5) is 0. The maximum atomic E-state index is 3.77. The molecule has 0 saturated carbocycles. The summed E-state index contributed by atoms with van der Waals surface area (Å²) in [5.74, 6) is 2.04. The third-order valence-corrected chi connectivity index (χ3v) is 9.01. The smallest absolute Gasteiger partial charge is 0.0444 e. The van der Waals surface area contributed by atoms with Crippen molar-refractivity contribution in [2.75, 3.05) is 11.5 Å². The molecule has 15 heavy (non-hydrogen) atoms. The molecule has 0 radical (unpaired) electrons. The third kappa shape index (κ3) is 4.92. The van der Waals surface area contributed by atoms with Crippen LogP contribution < -0.4 is 5.30 Å². The summed E-state index contributed by atoms with van der Waals surface area (Å²) in [6, 6.07) is 10.7. The first-order valence-electron chi connectivity index (χ1n) is 4.71. The lowest BCUT2D eigenvalue weighted by molar-refractivity contribution is 1.78. The molecular weight excluding hydrogens is 239 g/mol. The molecule has 3 heteroatoms. The normalized spacial score (nSPS) is 10.2. The van der Waals surface area contributed by atoms with Gasteiger partial charge in [-0.15, -0.1) is 35.9 Å². The Labute approximate surface area is 101 Å². The Morgan fingerprint density at radius 2 is 1.53 bits per heavy atom. The van der Waals surface area contributed by atoms with Gasteiger partial charge in [0.05, 0.1) is 0 Å². The fourth-order valence-electron chi connectivity index (χ4n) is 0.977. The van der Waals surface area contributed by atoms with Crippen LogP contribution in [0.4, 0.5) is 0 Å². The summed E-state index contributed by atoms with van der Waals surface area (Å²) in [7, 11) is 0. The molecule has 0 aliphatic rings. The van der Waals surface area contributed by atoms with E-state index in [1.807, 2.05) is 34.9 Å². The third-order valence-electron chi connectivity index (χ3n) is 1.59. The average molecular weight is 254 g/mol. The van der Waals surface area contributed by atoms with Gasteiger partial charge in [-0.25, -0.2) is 0 Å². The van der Waals surface area contributed by atoms with E-state index >= 15 is 0 Å². The predicted octanol–water partition coefficient (Wildman–Crippen LogP) is 4.46. The van der Waals surface area contributed by atoms with Crippen molar-refractivity contribution < 1.29 is 0 Å². The quantitative estimate of drug-likeness (QED) is 0.520. The van der Waals surface area contributed by atoms with Crippen molar-refractivity contribution in [3.05, 3.63) is 55.6 Å². The minimum Gasteiger partial charge on any atom is -0.114 e. The molecule has 0 unspecified atom stereocenters. The summed E-state index contributed by atoms with van der Waals surface area (Å²) in [5, 5.41) is 1.44. The lowest BCUT2D eigenvalue weighted by Gasteiger charge is -2.14. The Bertz CT molecular complexity index is 286. The van der Waals surface area contributed by atoms with E-state index in [0.29, 0.717) is 0 Å². The summed E-state index contributed by atoms with van der Waals surface area (Å²) in [6.07, 6.45) is 3.76. The van der Waals surface area contributed by atoms with Crippen LogP contribution in [0.15, 0.2) is 55.6 Å². The Balaban J connectivity index is 2.62. The van der Waals surface area contributed by atoms with Crippen LogP contribution in [0.2, 0.25) is 0 Å². The Morgan fingerprint density at radius 3 is 2.00 bits per heavy atom. The largest absolute Gasteiger partial charge is 0.114 e. The van der Waals surface area contributed by atoms with Crippen molar-refractivity contribution in [1.29, 1.82) is 0 Å². The highest BCUT2D eigenvalue weighted by atomic mass is 33.1. The van der Waals surface area contributed by atoms with Crippen molar-refractivity contribution in [2.24, 2.45) is 0 Å². The molecule has 0 amide bonds. The minimum absolute atomic E-state index is 0.177. The molecule has 0 aliphatic carbocycles. The second kappa shape index (κ2) is 8.04. The number of hydrogen-bond acceptors (Lipinski definition) is 2. The summed E-state index contributed by atoms with van der Waals surface area (Å²) in [6.45, 7) is 7.53. The highest BCUT2D eigenvalue weighted by molar-refractivity contribution is 8.90. The number of hydrogen-bond donors (Lipinski definition) is 0. The molecular formula is C12H15PS2. The van der Waals surface area contributed by atoms with Gasteiger partial charge in [-0.3, -0.25) is 0 Å². The molecule has 0 saturated heterocycles. The van der Waals surface area contributed by atoms with E-state index in [-0.39, 0.29) is 6.33 Å². The molecule has 0 spiro atoms. The van der Waals surface area contributed by atoms with Crippen LogP contribution in [0.5, 0.6) is 0 Å². The molecule has 0 N–H and O–H groups in total. The molecule has 0 atom stereocenters. The van der Waals surface area contributed by atoms with E-state index < -0.39 is 0 Å². The molecule has 0 nitrogen and oxygen atoms in total. The highest BCUT2D eigenvalue weighted by Gasteiger charge is 2.10. The van der Waals surface area contributed by atoms with Crippen LogP contribution >= 0.6 is 29.1 Å². The van der Waals surface area contributed by atoms with Gasteiger partial charge in [0, 0.05) is 17.8 Å². The van der Waals surface area contributed by atoms with Gasteiger partial charge >= 0.3 is 0 Å². The second-order valence-electron chi connectivity index (χ2n) is 2.76. The highest BCUT2D eigenvalue weighted by Crippen LogP contribution is 2.59. The Kier molecular flexibility index (Phi) is 6.91. The number of benzene rings is 1. The molecule has 0 fully saturated rings. The molecule has 0 bridgehead atoms. The molecule has 1 aromatic rings. The Hall–Kier alpha value is -0.170. The van der Waals surface area contributed by atoms with Gasteiger partial charge in [0.15, 0.2) is 0 Å². The van der Waals surface area contributed by atoms with Gasteiger partial charge < -0.3 is 0 Å². The molecule has 0 aliphatic heterocycles. The molecule has 1 aromatic carbocycles. The van der Waals surface area contributed by atoms with Gasteiger partial charge in [0.25, 0.3) is 0 Å².